The summed E-state index contributed by atoms with van der Waals surface area (Å²) in [5, 5.41) is 6.55. The second-order valence-corrected chi connectivity index (χ2v) is 5.02. The fraction of sp³-hybridized carbons (Fsp3) is 0.500. The summed E-state index contributed by atoms with van der Waals surface area (Å²) in [5.41, 5.74) is 1.07. The van der Waals surface area contributed by atoms with E-state index in [1.54, 1.807) is 20.2 Å². The van der Waals surface area contributed by atoms with Crippen LogP contribution in [0, 0.1) is 0 Å². The molecule has 0 fully saturated rings. The molecule has 0 bridgehead atoms. The lowest BCUT2D eigenvalue weighted by atomic mass is 10.2. The SMILES string of the molecule is C=CCOc1ccccc1CNC(=NC)NCCCOCCOC. The molecule has 0 unspecified atom stereocenters. The summed E-state index contributed by atoms with van der Waals surface area (Å²) in [4.78, 5) is 4.22. The molecule has 1 rings (SSSR count). The molecule has 24 heavy (non-hydrogen) atoms. The molecule has 0 aliphatic rings. The summed E-state index contributed by atoms with van der Waals surface area (Å²) < 4.78 is 16.0. The molecule has 1 aromatic carbocycles. The minimum Gasteiger partial charge on any atom is -0.489 e. The van der Waals surface area contributed by atoms with Gasteiger partial charge in [0.05, 0.1) is 13.2 Å². The molecule has 0 aliphatic heterocycles. The number of aliphatic imine (C=N–C) groups is 1. The van der Waals surface area contributed by atoms with E-state index in [2.05, 4.69) is 22.2 Å². The van der Waals surface area contributed by atoms with Gasteiger partial charge in [-0.15, -0.1) is 0 Å². The van der Waals surface area contributed by atoms with Gasteiger partial charge in [0.15, 0.2) is 5.96 Å². The molecule has 0 saturated heterocycles. The number of benzene rings is 1. The average Bonchev–Trinajstić information content (AvgIpc) is 2.62. The van der Waals surface area contributed by atoms with Gasteiger partial charge < -0.3 is 24.8 Å². The van der Waals surface area contributed by atoms with E-state index >= 15 is 0 Å². The van der Waals surface area contributed by atoms with E-state index in [-0.39, 0.29) is 0 Å². The Morgan fingerprint density at radius 2 is 2.04 bits per heavy atom. The second kappa shape index (κ2) is 13.4. The molecule has 0 saturated carbocycles. The van der Waals surface area contributed by atoms with E-state index in [4.69, 9.17) is 14.2 Å². The Morgan fingerprint density at radius 1 is 1.21 bits per heavy atom. The Bertz CT molecular complexity index is 492. The Labute approximate surface area is 144 Å². The summed E-state index contributed by atoms with van der Waals surface area (Å²) >= 11 is 0. The van der Waals surface area contributed by atoms with E-state index in [0.29, 0.717) is 33.0 Å². The van der Waals surface area contributed by atoms with E-state index in [1.165, 1.54) is 0 Å². The standard InChI is InChI=1S/C18H29N3O3/c1-4-11-24-17-9-6-5-8-16(17)15-21-18(19-2)20-10-7-12-23-14-13-22-3/h4-6,8-9H,1,7,10-15H2,2-3H3,(H2,19,20,21). The average molecular weight is 335 g/mol. The predicted octanol–water partition coefficient (Wildman–Crippen LogP) is 1.97. The van der Waals surface area contributed by atoms with Crippen LogP contribution in [-0.2, 0) is 16.0 Å². The molecular formula is C18H29N3O3. The van der Waals surface area contributed by atoms with Gasteiger partial charge in [-0.25, -0.2) is 0 Å². The Balaban J connectivity index is 2.30. The van der Waals surface area contributed by atoms with Crippen LogP contribution in [0.25, 0.3) is 0 Å². The molecule has 0 spiro atoms. The molecule has 2 N–H and O–H groups in total. The van der Waals surface area contributed by atoms with Crippen LogP contribution < -0.4 is 15.4 Å². The van der Waals surface area contributed by atoms with Gasteiger partial charge >= 0.3 is 0 Å². The number of methoxy groups -OCH3 is 1. The first-order valence-corrected chi connectivity index (χ1v) is 8.14. The van der Waals surface area contributed by atoms with Gasteiger partial charge in [0.1, 0.15) is 12.4 Å². The van der Waals surface area contributed by atoms with Gasteiger partial charge in [-0.3, -0.25) is 4.99 Å². The summed E-state index contributed by atoms with van der Waals surface area (Å²) in [5.74, 6) is 1.61. The second-order valence-electron chi connectivity index (χ2n) is 5.02. The first-order valence-electron chi connectivity index (χ1n) is 8.14. The fourth-order valence-corrected chi connectivity index (χ4v) is 1.96. The zero-order valence-corrected chi connectivity index (χ0v) is 14.7. The molecule has 0 heterocycles. The zero-order valence-electron chi connectivity index (χ0n) is 14.7. The molecule has 6 heteroatoms. The number of hydrogen-bond acceptors (Lipinski definition) is 4. The highest BCUT2D eigenvalue weighted by atomic mass is 16.5. The molecule has 134 valence electrons. The number of para-hydroxylation sites is 1. The topological polar surface area (TPSA) is 64.1 Å². The maximum Gasteiger partial charge on any atom is 0.191 e. The molecule has 0 radical (unpaired) electrons. The summed E-state index contributed by atoms with van der Waals surface area (Å²) in [7, 11) is 3.42. The molecule has 0 aliphatic carbocycles. The van der Waals surface area contributed by atoms with Crippen LogP contribution in [-0.4, -0.2) is 53.1 Å². The van der Waals surface area contributed by atoms with Crippen LogP contribution in [0.4, 0.5) is 0 Å². The highest BCUT2D eigenvalue weighted by Crippen LogP contribution is 2.17. The van der Waals surface area contributed by atoms with Crippen molar-refractivity contribution in [1.29, 1.82) is 0 Å². The van der Waals surface area contributed by atoms with Crippen molar-refractivity contribution in [3.05, 3.63) is 42.5 Å². The first-order chi connectivity index (χ1) is 11.8. The minimum absolute atomic E-state index is 0.493. The number of rotatable bonds is 12. The number of hydrogen-bond donors (Lipinski definition) is 2. The van der Waals surface area contributed by atoms with Crippen LogP contribution in [0.5, 0.6) is 5.75 Å². The van der Waals surface area contributed by atoms with Gasteiger partial charge in [0, 0.05) is 39.4 Å². The molecular weight excluding hydrogens is 306 g/mol. The largest absolute Gasteiger partial charge is 0.489 e. The number of ether oxygens (including phenoxy) is 3. The van der Waals surface area contributed by atoms with Crippen molar-refractivity contribution >= 4 is 5.96 Å². The first kappa shape index (κ1) is 20.0. The van der Waals surface area contributed by atoms with Gasteiger partial charge in [-0.2, -0.15) is 0 Å². The van der Waals surface area contributed by atoms with Crippen molar-refractivity contribution in [2.24, 2.45) is 4.99 Å². The van der Waals surface area contributed by atoms with Gasteiger partial charge in [-0.1, -0.05) is 30.9 Å². The molecule has 6 nitrogen and oxygen atoms in total. The van der Waals surface area contributed by atoms with Gasteiger partial charge in [0.25, 0.3) is 0 Å². The number of guanidine groups is 1. The molecule has 0 atom stereocenters. The van der Waals surface area contributed by atoms with Crippen molar-refractivity contribution < 1.29 is 14.2 Å². The lowest BCUT2D eigenvalue weighted by Crippen LogP contribution is -2.37. The summed E-state index contributed by atoms with van der Waals surface area (Å²) in [6, 6.07) is 7.93. The van der Waals surface area contributed by atoms with Crippen LogP contribution in [0.1, 0.15) is 12.0 Å². The molecule has 0 amide bonds. The Kier molecular flexibility index (Phi) is 11.2. The molecule has 1 aromatic rings. The van der Waals surface area contributed by atoms with E-state index in [0.717, 1.165) is 30.2 Å². The van der Waals surface area contributed by atoms with E-state index in [9.17, 15) is 0 Å². The third kappa shape index (κ3) is 8.55. The van der Waals surface area contributed by atoms with Crippen molar-refractivity contribution in [3.63, 3.8) is 0 Å². The van der Waals surface area contributed by atoms with Crippen molar-refractivity contribution in [2.75, 3.05) is 47.1 Å². The summed E-state index contributed by atoms with van der Waals surface area (Å²) in [6.45, 7) is 7.55. The van der Waals surface area contributed by atoms with Crippen molar-refractivity contribution in [2.45, 2.75) is 13.0 Å². The van der Waals surface area contributed by atoms with E-state index in [1.807, 2.05) is 24.3 Å². The smallest absolute Gasteiger partial charge is 0.191 e. The lowest BCUT2D eigenvalue weighted by molar-refractivity contribution is 0.0698. The fourth-order valence-electron chi connectivity index (χ4n) is 1.96. The Hall–Kier alpha value is -2.05. The zero-order chi connectivity index (χ0) is 17.5. The third-order valence-corrected chi connectivity index (χ3v) is 3.19. The maximum absolute atomic E-state index is 5.65. The Morgan fingerprint density at radius 3 is 2.79 bits per heavy atom. The van der Waals surface area contributed by atoms with Crippen molar-refractivity contribution in [3.8, 4) is 5.75 Å². The highest BCUT2D eigenvalue weighted by Gasteiger charge is 2.04. The van der Waals surface area contributed by atoms with Gasteiger partial charge in [0.2, 0.25) is 0 Å². The third-order valence-electron chi connectivity index (χ3n) is 3.19. The normalized spacial score (nSPS) is 11.2. The predicted molar refractivity (Wildman–Crippen MR) is 97.6 cm³/mol. The monoisotopic (exact) mass is 335 g/mol. The van der Waals surface area contributed by atoms with E-state index < -0.39 is 0 Å². The number of nitrogens with one attached hydrogen (secondary N) is 2. The number of nitrogens with zero attached hydrogens (tertiary/aromatic N) is 1. The van der Waals surface area contributed by atoms with Crippen molar-refractivity contribution in [1.82, 2.24) is 10.6 Å². The molecule has 0 aromatic heterocycles. The van der Waals surface area contributed by atoms with Crippen LogP contribution >= 0.6 is 0 Å². The summed E-state index contributed by atoms with van der Waals surface area (Å²) in [6.07, 6.45) is 2.64. The van der Waals surface area contributed by atoms with Crippen LogP contribution in [0.15, 0.2) is 41.9 Å². The van der Waals surface area contributed by atoms with Gasteiger partial charge in [-0.05, 0) is 12.5 Å². The van der Waals surface area contributed by atoms with Crippen LogP contribution in [0.3, 0.4) is 0 Å². The highest BCUT2D eigenvalue weighted by molar-refractivity contribution is 5.79. The van der Waals surface area contributed by atoms with Crippen LogP contribution in [0.2, 0.25) is 0 Å². The lowest BCUT2D eigenvalue weighted by Gasteiger charge is -2.14. The maximum atomic E-state index is 5.65. The quantitative estimate of drug-likeness (QED) is 0.265. The minimum atomic E-state index is 0.493.